The van der Waals surface area contributed by atoms with Crippen molar-refractivity contribution in [1.82, 2.24) is 9.97 Å². The summed E-state index contributed by atoms with van der Waals surface area (Å²) in [6, 6.07) is 8.28. The smallest absolute Gasteiger partial charge is 0.134 e. The van der Waals surface area contributed by atoms with Crippen molar-refractivity contribution in [3.8, 4) is 0 Å². The molecule has 0 spiro atoms. The SMILES string of the molecule is Cc1nccc(Nc2ccc3c(c2)CCCN3)n1. The summed E-state index contributed by atoms with van der Waals surface area (Å²) in [6.07, 6.45) is 4.11. The molecule has 0 amide bonds. The average molecular weight is 240 g/mol. The highest BCUT2D eigenvalue weighted by molar-refractivity contribution is 5.64. The molecule has 18 heavy (non-hydrogen) atoms. The van der Waals surface area contributed by atoms with Gasteiger partial charge in [-0.2, -0.15) is 0 Å². The molecule has 0 fully saturated rings. The molecule has 0 atom stereocenters. The van der Waals surface area contributed by atoms with E-state index in [-0.39, 0.29) is 0 Å². The van der Waals surface area contributed by atoms with Crippen LogP contribution < -0.4 is 10.6 Å². The average Bonchev–Trinajstić information content (AvgIpc) is 2.39. The van der Waals surface area contributed by atoms with Crippen molar-refractivity contribution in [2.24, 2.45) is 0 Å². The number of aromatic nitrogens is 2. The number of hydrogen-bond donors (Lipinski definition) is 2. The van der Waals surface area contributed by atoms with Gasteiger partial charge >= 0.3 is 0 Å². The molecule has 4 heteroatoms. The zero-order valence-corrected chi connectivity index (χ0v) is 10.4. The van der Waals surface area contributed by atoms with E-state index < -0.39 is 0 Å². The lowest BCUT2D eigenvalue weighted by atomic mass is 10.0. The predicted octanol–water partition coefficient (Wildman–Crippen LogP) is 2.89. The predicted molar refractivity (Wildman–Crippen MR) is 73.3 cm³/mol. The highest BCUT2D eigenvalue weighted by Crippen LogP contribution is 2.26. The van der Waals surface area contributed by atoms with Crippen molar-refractivity contribution in [3.05, 3.63) is 41.9 Å². The van der Waals surface area contributed by atoms with E-state index in [1.807, 2.05) is 13.0 Å². The summed E-state index contributed by atoms with van der Waals surface area (Å²) < 4.78 is 0. The van der Waals surface area contributed by atoms with Crippen LogP contribution >= 0.6 is 0 Å². The van der Waals surface area contributed by atoms with E-state index in [1.54, 1.807) is 6.20 Å². The molecule has 1 aromatic heterocycles. The Morgan fingerprint density at radius 1 is 1.28 bits per heavy atom. The van der Waals surface area contributed by atoms with Gasteiger partial charge in [-0.05, 0) is 49.6 Å². The number of rotatable bonds is 2. The largest absolute Gasteiger partial charge is 0.385 e. The molecule has 0 saturated heterocycles. The van der Waals surface area contributed by atoms with Crippen LogP contribution in [0.2, 0.25) is 0 Å². The summed E-state index contributed by atoms with van der Waals surface area (Å²) in [5.41, 5.74) is 3.71. The number of nitrogens with one attached hydrogen (secondary N) is 2. The second kappa shape index (κ2) is 4.64. The molecule has 0 unspecified atom stereocenters. The molecule has 0 bridgehead atoms. The first kappa shape index (κ1) is 11.0. The highest BCUT2D eigenvalue weighted by atomic mass is 15.0. The zero-order valence-electron chi connectivity index (χ0n) is 10.4. The van der Waals surface area contributed by atoms with Crippen LogP contribution in [0.15, 0.2) is 30.5 Å². The van der Waals surface area contributed by atoms with Gasteiger partial charge in [-0.25, -0.2) is 9.97 Å². The number of fused-ring (bicyclic) bond motifs is 1. The summed E-state index contributed by atoms with van der Waals surface area (Å²) >= 11 is 0. The first-order valence-corrected chi connectivity index (χ1v) is 6.25. The van der Waals surface area contributed by atoms with Crippen molar-refractivity contribution in [3.63, 3.8) is 0 Å². The summed E-state index contributed by atoms with van der Waals surface area (Å²) in [6.45, 7) is 2.97. The van der Waals surface area contributed by atoms with Crippen LogP contribution in [0, 0.1) is 6.92 Å². The third kappa shape index (κ3) is 2.27. The van der Waals surface area contributed by atoms with Gasteiger partial charge in [-0.1, -0.05) is 0 Å². The van der Waals surface area contributed by atoms with Crippen LogP contribution in [0.4, 0.5) is 17.2 Å². The van der Waals surface area contributed by atoms with E-state index in [0.717, 1.165) is 30.3 Å². The van der Waals surface area contributed by atoms with Crippen LogP contribution in [0.1, 0.15) is 17.8 Å². The summed E-state index contributed by atoms with van der Waals surface area (Å²) in [5, 5.41) is 6.73. The molecule has 2 heterocycles. The van der Waals surface area contributed by atoms with E-state index in [2.05, 4.69) is 38.8 Å². The van der Waals surface area contributed by atoms with Crippen molar-refractivity contribution in [2.75, 3.05) is 17.2 Å². The van der Waals surface area contributed by atoms with Gasteiger partial charge in [-0.15, -0.1) is 0 Å². The number of hydrogen-bond acceptors (Lipinski definition) is 4. The number of anilines is 3. The molecule has 2 aromatic rings. The van der Waals surface area contributed by atoms with Crippen molar-refractivity contribution < 1.29 is 0 Å². The van der Waals surface area contributed by atoms with Crippen LogP contribution in [-0.4, -0.2) is 16.5 Å². The molecule has 0 radical (unpaired) electrons. The van der Waals surface area contributed by atoms with Crippen LogP contribution in [0.3, 0.4) is 0 Å². The topological polar surface area (TPSA) is 49.8 Å². The number of nitrogens with zero attached hydrogens (tertiary/aromatic N) is 2. The second-order valence-electron chi connectivity index (χ2n) is 4.52. The minimum atomic E-state index is 0.777. The van der Waals surface area contributed by atoms with Crippen molar-refractivity contribution >= 4 is 17.2 Å². The second-order valence-corrected chi connectivity index (χ2v) is 4.52. The molecule has 2 N–H and O–H groups in total. The Morgan fingerprint density at radius 3 is 3.11 bits per heavy atom. The maximum absolute atomic E-state index is 4.34. The van der Waals surface area contributed by atoms with Crippen LogP contribution in [0.25, 0.3) is 0 Å². The molecular formula is C14H16N4. The molecule has 4 nitrogen and oxygen atoms in total. The number of benzene rings is 1. The lowest BCUT2D eigenvalue weighted by Crippen LogP contribution is -2.11. The molecule has 0 saturated carbocycles. The monoisotopic (exact) mass is 240 g/mol. The molecular weight excluding hydrogens is 224 g/mol. The normalized spacial score (nSPS) is 13.6. The van der Waals surface area contributed by atoms with Gasteiger partial charge in [-0.3, -0.25) is 0 Å². The lowest BCUT2D eigenvalue weighted by Gasteiger charge is -2.19. The lowest BCUT2D eigenvalue weighted by molar-refractivity contribution is 0.830. The quantitative estimate of drug-likeness (QED) is 0.847. The van der Waals surface area contributed by atoms with Crippen molar-refractivity contribution in [2.45, 2.75) is 19.8 Å². The Labute approximate surface area is 106 Å². The Bertz CT molecular complexity index is 565. The third-order valence-electron chi connectivity index (χ3n) is 3.09. The van der Waals surface area contributed by atoms with Gasteiger partial charge in [0.1, 0.15) is 11.6 Å². The highest BCUT2D eigenvalue weighted by Gasteiger charge is 2.08. The Balaban J connectivity index is 1.85. The van der Waals surface area contributed by atoms with Crippen LogP contribution in [-0.2, 0) is 6.42 Å². The molecule has 0 aliphatic carbocycles. The molecule has 1 aliphatic rings. The Kier molecular flexibility index (Phi) is 2.84. The van der Waals surface area contributed by atoms with Gasteiger partial charge in [0.2, 0.25) is 0 Å². The van der Waals surface area contributed by atoms with Gasteiger partial charge in [0, 0.05) is 24.1 Å². The van der Waals surface area contributed by atoms with Gasteiger partial charge in [0.15, 0.2) is 0 Å². The van der Waals surface area contributed by atoms with Crippen molar-refractivity contribution in [1.29, 1.82) is 0 Å². The summed E-state index contributed by atoms with van der Waals surface area (Å²) in [7, 11) is 0. The Hall–Kier alpha value is -2.10. The van der Waals surface area contributed by atoms with E-state index in [0.29, 0.717) is 0 Å². The molecule has 3 rings (SSSR count). The fourth-order valence-corrected chi connectivity index (χ4v) is 2.23. The summed E-state index contributed by atoms with van der Waals surface area (Å²) in [4.78, 5) is 8.43. The Morgan fingerprint density at radius 2 is 2.22 bits per heavy atom. The maximum atomic E-state index is 4.34. The molecule has 1 aliphatic heterocycles. The van der Waals surface area contributed by atoms with Gasteiger partial charge in [0.05, 0.1) is 0 Å². The first-order chi connectivity index (χ1) is 8.81. The first-order valence-electron chi connectivity index (χ1n) is 6.25. The van der Waals surface area contributed by atoms with Crippen LogP contribution in [0.5, 0.6) is 0 Å². The van der Waals surface area contributed by atoms with E-state index in [9.17, 15) is 0 Å². The maximum Gasteiger partial charge on any atom is 0.134 e. The van der Waals surface area contributed by atoms with E-state index >= 15 is 0 Å². The fraction of sp³-hybridized carbons (Fsp3) is 0.286. The standard InChI is InChI=1S/C14H16N4/c1-10-15-8-6-14(17-10)18-12-4-5-13-11(9-12)3-2-7-16-13/h4-6,8-9,16H,2-3,7H2,1H3,(H,15,17,18). The fourth-order valence-electron chi connectivity index (χ4n) is 2.23. The minimum absolute atomic E-state index is 0.777. The third-order valence-corrected chi connectivity index (χ3v) is 3.09. The van der Waals surface area contributed by atoms with Gasteiger partial charge in [0.25, 0.3) is 0 Å². The van der Waals surface area contributed by atoms with E-state index in [1.165, 1.54) is 17.7 Å². The summed E-state index contributed by atoms with van der Waals surface area (Å²) in [5.74, 6) is 1.62. The van der Waals surface area contributed by atoms with E-state index in [4.69, 9.17) is 0 Å². The number of aryl methyl sites for hydroxylation is 2. The molecule has 1 aromatic carbocycles. The minimum Gasteiger partial charge on any atom is -0.385 e. The zero-order chi connectivity index (χ0) is 12.4. The van der Waals surface area contributed by atoms with Gasteiger partial charge < -0.3 is 10.6 Å². The molecule has 92 valence electrons.